The molecule has 3 unspecified atom stereocenters. The molecular formula is C18H17N3O8. The maximum Gasteiger partial charge on any atom is 0.317 e. The Morgan fingerprint density at radius 2 is 1.79 bits per heavy atom. The van der Waals surface area contributed by atoms with Crippen molar-refractivity contribution in [3.05, 3.63) is 68.3 Å². The summed E-state index contributed by atoms with van der Waals surface area (Å²) in [4.78, 5) is 60.0. The SMILES string of the molecule is O=C(O)CN1CC2([N+](=O)[O-])C=CC(=O)C([N+](=O)[O-])(C1)C2CC(=O)c1ccccc1. The van der Waals surface area contributed by atoms with E-state index in [1.165, 1.54) is 12.1 Å². The zero-order chi connectivity index (χ0) is 21.4. The van der Waals surface area contributed by atoms with Gasteiger partial charge in [-0.05, 0) is 12.2 Å². The number of hydrogen-bond acceptors (Lipinski definition) is 8. The van der Waals surface area contributed by atoms with Gasteiger partial charge in [0.25, 0.3) is 5.54 Å². The van der Waals surface area contributed by atoms with Crippen LogP contribution in [-0.2, 0) is 9.59 Å². The summed E-state index contributed by atoms with van der Waals surface area (Å²) in [6.07, 6.45) is 1.18. The topological polar surface area (TPSA) is 161 Å². The van der Waals surface area contributed by atoms with E-state index in [2.05, 4.69) is 0 Å². The molecule has 1 aliphatic heterocycles. The molecule has 2 bridgehead atoms. The van der Waals surface area contributed by atoms with E-state index in [4.69, 9.17) is 5.11 Å². The summed E-state index contributed by atoms with van der Waals surface area (Å²) >= 11 is 0. The lowest BCUT2D eigenvalue weighted by atomic mass is 9.60. The van der Waals surface area contributed by atoms with Gasteiger partial charge in [-0.2, -0.15) is 0 Å². The number of hydrogen-bond donors (Lipinski definition) is 1. The maximum absolute atomic E-state index is 12.8. The summed E-state index contributed by atoms with van der Waals surface area (Å²) in [5, 5.41) is 33.2. The van der Waals surface area contributed by atoms with Crippen molar-refractivity contribution in [2.45, 2.75) is 17.5 Å². The van der Waals surface area contributed by atoms with Gasteiger partial charge >= 0.3 is 11.5 Å². The van der Waals surface area contributed by atoms with E-state index in [1.807, 2.05) is 0 Å². The standard InChI is InChI=1S/C18H17N3O8/c22-13(12-4-2-1-3-5-12)8-14-17(20(26)27)7-6-15(23)18(14,21(28)29)11-19(10-17)9-16(24)25/h1-7,14H,8-11H2,(H,24,25). The first kappa shape index (κ1) is 20.3. The Labute approximate surface area is 163 Å². The minimum atomic E-state index is -2.49. The molecule has 0 radical (unpaired) electrons. The number of aliphatic carboxylic acids is 1. The van der Waals surface area contributed by atoms with Crippen molar-refractivity contribution in [2.24, 2.45) is 5.92 Å². The van der Waals surface area contributed by atoms with E-state index in [0.29, 0.717) is 0 Å². The molecular weight excluding hydrogens is 386 g/mol. The molecule has 2 aliphatic rings. The fourth-order valence-electron chi connectivity index (χ4n) is 4.27. The molecule has 1 aromatic carbocycles. The Morgan fingerprint density at radius 3 is 2.34 bits per heavy atom. The van der Waals surface area contributed by atoms with Gasteiger partial charge in [0.2, 0.25) is 5.78 Å². The molecule has 1 saturated heterocycles. The Kier molecular flexibility index (Phi) is 5.01. The van der Waals surface area contributed by atoms with Crippen LogP contribution < -0.4 is 0 Å². The predicted octanol–water partition coefficient (Wildman–Crippen LogP) is 0.446. The van der Waals surface area contributed by atoms with Crippen molar-refractivity contribution in [1.29, 1.82) is 0 Å². The van der Waals surface area contributed by atoms with Gasteiger partial charge in [-0.15, -0.1) is 0 Å². The Balaban J connectivity index is 2.13. The summed E-state index contributed by atoms with van der Waals surface area (Å²) in [6, 6.07) is 7.79. The molecule has 29 heavy (non-hydrogen) atoms. The van der Waals surface area contributed by atoms with Gasteiger partial charge in [0.15, 0.2) is 5.78 Å². The van der Waals surface area contributed by atoms with Gasteiger partial charge in [-0.3, -0.25) is 39.5 Å². The number of ketones is 2. The molecule has 0 saturated carbocycles. The van der Waals surface area contributed by atoms with E-state index in [-0.39, 0.29) is 5.56 Å². The fraction of sp³-hybridized carbons (Fsp3) is 0.389. The lowest BCUT2D eigenvalue weighted by Gasteiger charge is -2.47. The van der Waals surface area contributed by atoms with E-state index in [1.54, 1.807) is 18.2 Å². The number of piperidine rings is 1. The van der Waals surface area contributed by atoms with Gasteiger partial charge in [0.1, 0.15) is 5.92 Å². The first-order valence-electron chi connectivity index (χ1n) is 8.68. The van der Waals surface area contributed by atoms with Crippen LogP contribution in [0, 0.1) is 26.1 Å². The molecule has 0 aromatic heterocycles. The van der Waals surface area contributed by atoms with Crippen LogP contribution in [0.5, 0.6) is 0 Å². The molecule has 1 N–H and O–H groups in total. The number of benzene rings is 1. The Bertz CT molecular complexity index is 930. The predicted molar refractivity (Wildman–Crippen MR) is 96.6 cm³/mol. The van der Waals surface area contributed by atoms with Crippen molar-refractivity contribution < 1.29 is 29.3 Å². The lowest BCUT2D eigenvalue weighted by molar-refractivity contribution is -0.623. The van der Waals surface area contributed by atoms with E-state index in [9.17, 15) is 34.6 Å². The average molecular weight is 403 g/mol. The molecule has 3 rings (SSSR count). The molecule has 152 valence electrons. The molecule has 11 heteroatoms. The number of nitro groups is 2. The lowest BCUT2D eigenvalue weighted by Crippen LogP contribution is -2.75. The second-order valence-electron chi connectivity index (χ2n) is 7.21. The third-order valence-corrected chi connectivity index (χ3v) is 5.58. The van der Waals surface area contributed by atoms with Gasteiger partial charge in [-0.25, -0.2) is 0 Å². The highest BCUT2D eigenvalue weighted by atomic mass is 16.6. The first-order valence-corrected chi connectivity index (χ1v) is 8.68. The number of carboxylic acids is 1. The number of carbonyl (C=O) groups excluding carboxylic acids is 2. The number of Topliss-reactive ketones (excluding diaryl/α,β-unsaturated/α-hetero) is 1. The Hall–Kier alpha value is -3.47. The van der Waals surface area contributed by atoms with Gasteiger partial charge in [-0.1, -0.05) is 30.3 Å². The van der Waals surface area contributed by atoms with Crippen LogP contribution in [0.3, 0.4) is 0 Å². The van der Waals surface area contributed by atoms with Crippen LogP contribution in [0.2, 0.25) is 0 Å². The highest BCUT2D eigenvalue weighted by molar-refractivity contribution is 6.01. The minimum Gasteiger partial charge on any atom is -0.480 e. The molecule has 1 aliphatic carbocycles. The van der Waals surface area contributed by atoms with E-state index >= 15 is 0 Å². The zero-order valence-corrected chi connectivity index (χ0v) is 15.1. The molecule has 1 aromatic rings. The first-order chi connectivity index (χ1) is 13.6. The van der Waals surface area contributed by atoms with Crippen LogP contribution in [0.1, 0.15) is 16.8 Å². The van der Waals surface area contributed by atoms with Crippen LogP contribution in [-0.4, -0.2) is 68.1 Å². The number of carbonyl (C=O) groups is 3. The largest absolute Gasteiger partial charge is 0.480 e. The molecule has 1 fully saturated rings. The van der Waals surface area contributed by atoms with Gasteiger partial charge in [0.05, 0.1) is 19.6 Å². The quantitative estimate of drug-likeness (QED) is 0.387. The fourth-order valence-corrected chi connectivity index (χ4v) is 4.27. The van der Waals surface area contributed by atoms with Crippen molar-refractivity contribution in [1.82, 2.24) is 4.90 Å². The maximum atomic E-state index is 12.8. The monoisotopic (exact) mass is 403 g/mol. The second kappa shape index (κ2) is 7.17. The molecule has 3 atom stereocenters. The van der Waals surface area contributed by atoms with Crippen LogP contribution >= 0.6 is 0 Å². The smallest absolute Gasteiger partial charge is 0.317 e. The number of nitrogens with zero attached hydrogens (tertiary/aromatic N) is 3. The highest BCUT2D eigenvalue weighted by Crippen LogP contribution is 2.46. The van der Waals surface area contributed by atoms with Crippen molar-refractivity contribution in [2.75, 3.05) is 19.6 Å². The summed E-state index contributed by atoms with van der Waals surface area (Å²) < 4.78 is 0. The normalized spacial score (nSPS) is 28.7. The number of rotatable bonds is 7. The number of likely N-dealkylation sites (tertiary alicyclic amines) is 1. The summed E-state index contributed by atoms with van der Waals surface area (Å²) in [5.41, 5.74) is -4.41. The average Bonchev–Trinajstić information content (AvgIpc) is 2.65. The van der Waals surface area contributed by atoms with Crippen LogP contribution in [0.25, 0.3) is 0 Å². The molecule has 0 amide bonds. The van der Waals surface area contributed by atoms with Crippen LogP contribution in [0.4, 0.5) is 0 Å². The third kappa shape index (κ3) is 3.18. The molecule has 11 nitrogen and oxygen atoms in total. The zero-order valence-electron chi connectivity index (χ0n) is 15.1. The minimum absolute atomic E-state index is 0.215. The summed E-state index contributed by atoms with van der Waals surface area (Å²) in [6.45, 7) is -1.79. The molecule has 1 heterocycles. The van der Waals surface area contributed by atoms with E-state index in [0.717, 1.165) is 17.1 Å². The van der Waals surface area contributed by atoms with Gasteiger partial charge in [0, 0.05) is 21.8 Å². The highest BCUT2D eigenvalue weighted by Gasteiger charge is 2.74. The summed E-state index contributed by atoms with van der Waals surface area (Å²) in [7, 11) is 0. The third-order valence-electron chi connectivity index (χ3n) is 5.58. The van der Waals surface area contributed by atoms with Gasteiger partial charge < -0.3 is 5.11 Å². The van der Waals surface area contributed by atoms with E-state index < -0.39 is 70.4 Å². The number of carboxylic acid groups (broad SMARTS) is 1. The van der Waals surface area contributed by atoms with Crippen LogP contribution in [0.15, 0.2) is 42.5 Å². The second-order valence-corrected chi connectivity index (χ2v) is 7.21. The summed E-state index contributed by atoms with van der Waals surface area (Å²) in [5.74, 6) is -4.45. The van der Waals surface area contributed by atoms with Crippen molar-refractivity contribution >= 4 is 17.5 Å². The molecule has 0 spiro atoms. The van der Waals surface area contributed by atoms with Crippen molar-refractivity contribution in [3.8, 4) is 0 Å². The van der Waals surface area contributed by atoms with Crippen molar-refractivity contribution in [3.63, 3.8) is 0 Å². The number of fused-ring (bicyclic) bond motifs is 2. The Morgan fingerprint density at radius 1 is 1.14 bits per heavy atom.